The van der Waals surface area contributed by atoms with E-state index in [1.54, 1.807) is 30.3 Å². The first-order valence-corrected chi connectivity index (χ1v) is 10.9. The smallest absolute Gasteiger partial charge is 0.235 e. The standard InChI is InChI=1S/C22H16F3N3O2S/c23-17-8-10-20(28-31(29,30)16-6-7-16)22(21(17)25)27-19-9-5-15(11-18(19)24)14-3-1-13(12-26)2-4-14/h1-5,8-11,16,27-28H,6-7H2. The van der Waals surface area contributed by atoms with Gasteiger partial charge < -0.3 is 5.32 Å². The van der Waals surface area contributed by atoms with Crippen LogP contribution in [0, 0.1) is 28.8 Å². The summed E-state index contributed by atoms with van der Waals surface area (Å²) in [5, 5.41) is 10.8. The predicted molar refractivity (Wildman–Crippen MR) is 112 cm³/mol. The largest absolute Gasteiger partial charge is 0.349 e. The van der Waals surface area contributed by atoms with Crippen LogP contribution in [-0.2, 0) is 10.0 Å². The molecule has 1 aliphatic carbocycles. The fourth-order valence-corrected chi connectivity index (χ4v) is 4.44. The van der Waals surface area contributed by atoms with Gasteiger partial charge in [0.05, 0.1) is 28.3 Å². The maximum Gasteiger partial charge on any atom is 0.235 e. The Labute approximate surface area is 177 Å². The lowest BCUT2D eigenvalue weighted by atomic mass is 10.0. The average Bonchev–Trinajstić information content (AvgIpc) is 3.60. The predicted octanol–water partition coefficient (Wildman–Crippen LogP) is 5.29. The van der Waals surface area contributed by atoms with Gasteiger partial charge in [-0.2, -0.15) is 5.26 Å². The van der Waals surface area contributed by atoms with E-state index >= 15 is 0 Å². The number of benzene rings is 3. The lowest BCUT2D eigenvalue weighted by Gasteiger charge is -2.16. The highest BCUT2D eigenvalue weighted by Crippen LogP contribution is 2.36. The van der Waals surface area contributed by atoms with Gasteiger partial charge in [-0.3, -0.25) is 4.72 Å². The first-order chi connectivity index (χ1) is 14.8. The van der Waals surface area contributed by atoms with E-state index in [4.69, 9.17) is 5.26 Å². The van der Waals surface area contributed by atoms with Crippen molar-refractivity contribution >= 4 is 27.1 Å². The van der Waals surface area contributed by atoms with E-state index in [0.717, 1.165) is 12.1 Å². The molecule has 4 rings (SSSR count). The maximum absolute atomic E-state index is 14.7. The molecule has 2 N–H and O–H groups in total. The molecule has 0 spiro atoms. The molecule has 1 saturated carbocycles. The fourth-order valence-electron chi connectivity index (χ4n) is 3.04. The van der Waals surface area contributed by atoms with Gasteiger partial charge in [0.25, 0.3) is 0 Å². The van der Waals surface area contributed by atoms with Crippen LogP contribution in [0.15, 0.2) is 54.6 Å². The number of hydrogen-bond acceptors (Lipinski definition) is 4. The molecule has 3 aromatic rings. The molecule has 0 unspecified atom stereocenters. The lowest BCUT2D eigenvalue weighted by Crippen LogP contribution is -2.18. The SMILES string of the molecule is N#Cc1ccc(-c2ccc(Nc3c(NS(=O)(=O)C4CC4)ccc(F)c3F)c(F)c2)cc1. The number of nitriles is 1. The molecule has 0 heterocycles. The summed E-state index contributed by atoms with van der Waals surface area (Å²) in [5.41, 5.74) is 0.774. The molecule has 5 nitrogen and oxygen atoms in total. The van der Waals surface area contributed by atoms with Crippen molar-refractivity contribution in [2.45, 2.75) is 18.1 Å². The van der Waals surface area contributed by atoms with E-state index in [-0.39, 0.29) is 11.4 Å². The van der Waals surface area contributed by atoms with Gasteiger partial charge in [-0.1, -0.05) is 18.2 Å². The first kappa shape index (κ1) is 20.8. The van der Waals surface area contributed by atoms with E-state index in [2.05, 4.69) is 10.0 Å². The Kier molecular flexibility index (Phi) is 5.33. The third-order valence-electron chi connectivity index (χ3n) is 4.89. The van der Waals surface area contributed by atoms with E-state index in [0.29, 0.717) is 29.5 Å². The van der Waals surface area contributed by atoms with Crippen LogP contribution in [0.2, 0.25) is 0 Å². The van der Waals surface area contributed by atoms with Gasteiger partial charge in [-0.15, -0.1) is 0 Å². The number of sulfonamides is 1. The third kappa shape index (κ3) is 4.34. The summed E-state index contributed by atoms with van der Waals surface area (Å²) < 4.78 is 69.7. The van der Waals surface area contributed by atoms with Crippen LogP contribution in [0.4, 0.5) is 30.2 Å². The first-order valence-electron chi connectivity index (χ1n) is 9.35. The second kappa shape index (κ2) is 7.96. The van der Waals surface area contributed by atoms with Crippen LogP contribution in [0.3, 0.4) is 0 Å². The van der Waals surface area contributed by atoms with Crippen molar-refractivity contribution in [3.05, 3.63) is 77.6 Å². The molecule has 0 saturated heterocycles. The van der Waals surface area contributed by atoms with Crippen molar-refractivity contribution < 1.29 is 21.6 Å². The van der Waals surface area contributed by atoms with Gasteiger partial charge in [-0.05, 0) is 60.4 Å². The van der Waals surface area contributed by atoms with Crippen molar-refractivity contribution in [2.24, 2.45) is 0 Å². The quantitative estimate of drug-likeness (QED) is 0.542. The van der Waals surface area contributed by atoms with Crippen LogP contribution >= 0.6 is 0 Å². The van der Waals surface area contributed by atoms with Gasteiger partial charge in [0.1, 0.15) is 11.5 Å². The molecule has 0 radical (unpaired) electrons. The maximum atomic E-state index is 14.7. The molecule has 1 aliphatic rings. The van der Waals surface area contributed by atoms with E-state index in [1.165, 1.54) is 12.1 Å². The molecular formula is C22H16F3N3O2S. The number of rotatable bonds is 6. The lowest BCUT2D eigenvalue weighted by molar-refractivity contribution is 0.512. The molecular weight excluding hydrogens is 427 g/mol. The average molecular weight is 443 g/mol. The summed E-state index contributed by atoms with van der Waals surface area (Å²) in [4.78, 5) is 0. The Morgan fingerprint density at radius 3 is 2.13 bits per heavy atom. The summed E-state index contributed by atoms with van der Waals surface area (Å²) in [6, 6.07) is 14.5. The van der Waals surface area contributed by atoms with Gasteiger partial charge in [-0.25, -0.2) is 21.6 Å². The number of hydrogen-bond donors (Lipinski definition) is 2. The Morgan fingerprint density at radius 1 is 0.871 bits per heavy atom. The fraction of sp³-hybridized carbons (Fsp3) is 0.136. The molecule has 9 heteroatoms. The van der Waals surface area contributed by atoms with Crippen molar-refractivity contribution in [1.82, 2.24) is 0 Å². The molecule has 1 fully saturated rings. The summed E-state index contributed by atoms with van der Waals surface area (Å²) >= 11 is 0. The molecule has 158 valence electrons. The van der Waals surface area contributed by atoms with Crippen molar-refractivity contribution in [1.29, 1.82) is 5.26 Å². The summed E-state index contributed by atoms with van der Waals surface area (Å²) in [6.07, 6.45) is 0.987. The van der Waals surface area contributed by atoms with Gasteiger partial charge in [0, 0.05) is 0 Å². The van der Waals surface area contributed by atoms with Crippen LogP contribution in [0.25, 0.3) is 11.1 Å². The molecule has 0 atom stereocenters. The molecule has 3 aromatic carbocycles. The highest BCUT2D eigenvalue weighted by atomic mass is 32.2. The normalized spacial score (nSPS) is 13.5. The second-order valence-electron chi connectivity index (χ2n) is 7.14. The Balaban J connectivity index is 1.65. The number of nitrogens with one attached hydrogen (secondary N) is 2. The molecule has 0 aromatic heterocycles. The minimum absolute atomic E-state index is 0.159. The number of halogens is 3. The zero-order chi connectivity index (χ0) is 22.2. The highest BCUT2D eigenvalue weighted by molar-refractivity contribution is 7.93. The highest BCUT2D eigenvalue weighted by Gasteiger charge is 2.36. The van der Waals surface area contributed by atoms with Gasteiger partial charge in [0.2, 0.25) is 10.0 Å². The van der Waals surface area contributed by atoms with Crippen LogP contribution < -0.4 is 10.0 Å². The van der Waals surface area contributed by atoms with E-state index in [1.807, 2.05) is 6.07 Å². The van der Waals surface area contributed by atoms with E-state index in [9.17, 15) is 21.6 Å². The summed E-state index contributed by atoms with van der Waals surface area (Å²) in [5.74, 6) is -3.28. The summed E-state index contributed by atoms with van der Waals surface area (Å²) in [6.45, 7) is 0. The summed E-state index contributed by atoms with van der Waals surface area (Å²) in [7, 11) is -3.74. The minimum atomic E-state index is -3.74. The molecule has 0 amide bonds. The van der Waals surface area contributed by atoms with Crippen molar-refractivity contribution in [3.63, 3.8) is 0 Å². The molecule has 0 bridgehead atoms. The zero-order valence-corrected chi connectivity index (χ0v) is 16.8. The second-order valence-corrected chi connectivity index (χ2v) is 9.10. The number of nitrogens with zero attached hydrogens (tertiary/aromatic N) is 1. The minimum Gasteiger partial charge on any atom is -0.349 e. The number of anilines is 3. The van der Waals surface area contributed by atoms with Crippen molar-refractivity contribution in [3.8, 4) is 17.2 Å². The van der Waals surface area contributed by atoms with Gasteiger partial charge in [0.15, 0.2) is 11.6 Å². The third-order valence-corrected chi connectivity index (χ3v) is 6.74. The Hall–Kier alpha value is -3.51. The topological polar surface area (TPSA) is 82.0 Å². The Bertz CT molecular complexity index is 1300. The molecule has 0 aliphatic heterocycles. The monoisotopic (exact) mass is 443 g/mol. The van der Waals surface area contributed by atoms with Crippen LogP contribution in [-0.4, -0.2) is 13.7 Å². The van der Waals surface area contributed by atoms with Crippen LogP contribution in [0.1, 0.15) is 18.4 Å². The van der Waals surface area contributed by atoms with E-state index < -0.39 is 38.4 Å². The molecule has 31 heavy (non-hydrogen) atoms. The van der Waals surface area contributed by atoms with Crippen molar-refractivity contribution in [2.75, 3.05) is 10.0 Å². The Morgan fingerprint density at radius 2 is 1.52 bits per heavy atom. The zero-order valence-electron chi connectivity index (χ0n) is 16.0. The van der Waals surface area contributed by atoms with Crippen LogP contribution in [0.5, 0.6) is 0 Å². The van der Waals surface area contributed by atoms with Gasteiger partial charge >= 0.3 is 0 Å².